The van der Waals surface area contributed by atoms with Gasteiger partial charge in [0.05, 0.1) is 19.0 Å². The van der Waals surface area contributed by atoms with Crippen LogP contribution in [-0.2, 0) is 14.3 Å². The smallest absolute Gasteiger partial charge is 0.233 e. The van der Waals surface area contributed by atoms with Crippen LogP contribution in [0.3, 0.4) is 0 Å². The van der Waals surface area contributed by atoms with Gasteiger partial charge in [0, 0.05) is 50.7 Å². The number of aromatic nitrogens is 2. The second-order valence-corrected chi connectivity index (χ2v) is 10.1. The van der Waals surface area contributed by atoms with Gasteiger partial charge in [-0.2, -0.15) is 0 Å². The molecule has 0 radical (unpaired) electrons. The Bertz CT molecular complexity index is 817. The highest BCUT2D eigenvalue weighted by atomic mass is 35.5. The van der Waals surface area contributed by atoms with Crippen molar-refractivity contribution in [2.45, 2.75) is 50.2 Å². The number of nitrogens with zero attached hydrogens (tertiary/aromatic N) is 5. The van der Waals surface area contributed by atoms with Crippen LogP contribution in [-0.4, -0.2) is 89.3 Å². The van der Waals surface area contributed by atoms with E-state index in [-0.39, 0.29) is 23.6 Å². The summed E-state index contributed by atoms with van der Waals surface area (Å²) in [6, 6.07) is 1.88. The third-order valence-electron chi connectivity index (χ3n) is 6.54. The van der Waals surface area contributed by atoms with E-state index in [1.165, 1.54) is 31.0 Å². The largest absolute Gasteiger partial charge is 0.378 e. The van der Waals surface area contributed by atoms with Gasteiger partial charge in [-0.15, -0.1) is 0 Å². The fourth-order valence-electron chi connectivity index (χ4n) is 4.72. The predicted octanol–water partition coefficient (Wildman–Crippen LogP) is 2.70. The van der Waals surface area contributed by atoms with Gasteiger partial charge in [0.15, 0.2) is 5.16 Å². The predicted molar refractivity (Wildman–Crippen MR) is 125 cm³/mol. The number of amides is 2. The number of halogens is 1. The Labute approximate surface area is 199 Å². The van der Waals surface area contributed by atoms with Gasteiger partial charge >= 0.3 is 0 Å². The van der Waals surface area contributed by atoms with E-state index in [4.69, 9.17) is 16.3 Å². The summed E-state index contributed by atoms with van der Waals surface area (Å²) in [6.45, 7) is 6.65. The van der Waals surface area contributed by atoms with E-state index in [9.17, 15) is 9.59 Å². The molecule has 1 aromatic rings. The fourth-order valence-corrected chi connectivity index (χ4v) is 5.70. The Hall–Kier alpha value is -1.58. The lowest BCUT2D eigenvalue weighted by Gasteiger charge is -2.42. The molecule has 2 saturated heterocycles. The van der Waals surface area contributed by atoms with Crippen LogP contribution in [0.5, 0.6) is 0 Å². The van der Waals surface area contributed by atoms with Gasteiger partial charge in [-0.25, -0.2) is 9.97 Å². The van der Waals surface area contributed by atoms with Crippen LogP contribution in [0.1, 0.15) is 39.0 Å². The molecule has 8 nitrogen and oxygen atoms in total. The number of piperazine rings is 1. The van der Waals surface area contributed by atoms with Crippen molar-refractivity contribution in [3.8, 4) is 0 Å². The van der Waals surface area contributed by atoms with Crippen molar-refractivity contribution in [1.82, 2.24) is 19.8 Å². The molecule has 0 bridgehead atoms. The van der Waals surface area contributed by atoms with E-state index in [0.717, 1.165) is 18.7 Å². The molecule has 3 aliphatic rings. The molecule has 3 heterocycles. The van der Waals surface area contributed by atoms with Crippen molar-refractivity contribution in [3.63, 3.8) is 0 Å². The minimum atomic E-state index is 0.0619. The zero-order valence-corrected chi connectivity index (χ0v) is 20.2. The number of ether oxygens (including phenoxy) is 1. The summed E-state index contributed by atoms with van der Waals surface area (Å²) in [5.41, 5.74) is 0. The first-order chi connectivity index (χ1) is 15.5. The molecule has 2 amide bonds. The Morgan fingerprint density at radius 2 is 1.88 bits per heavy atom. The van der Waals surface area contributed by atoms with Crippen molar-refractivity contribution < 1.29 is 14.3 Å². The van der Waals surface area contributed by atoms with Crippen molar-refractivity contribution in [3.05, 3.63) is 11.2 Å². The summed E-state index contributed by atoms with van der Waals surface area (Å²) in [7, 11) is 0. The number of thioether (sulfide) groups is 1. The quantitative estimate of drug-likeness (QED) is 0.363. The minimum Gasteiger partial charge on any atom is -0.378 e. The molecule has 0 aromatic carbocycles. The van der Waals surface area contributed by atoms with Crippen molar-refractivity contribution >= 4 is 41.0 Å². The van der Waals surface area contributed by atoms with E-state index < -0.39 is 0 Å². The van der Waals surface area contributed by atoms with Gasteiger partial charge < -0.3 is 19.4 Å². The highest BCUT2D eigenvalue weighted by molar-refractivity contribution is 7.99. The van der Waals surface area contributed by atoms with E-state index in [0.29, 0.717) is 62.2 Å². The summed E-state index contributed by atoms with van der Waals surface area (Å²) in [5.74, 6) is 1.60. The van der Waals surface area contributed by atoms with E-state index in [1.807, 2.05) is 9.80 Å². The summed E-state index contributed by atoms with van der Waals surface area (Å²) >= 11 is 7.59. The van der Waals surface area contributed by atoms with Crippen LogP contribution in [0.2, 0.25) is 5.15 Å². The van der Waals surface area contributed by atoms with Gasteiger partial charge in [-0.3, -0.25) is 9.59 Å². The number of morpholine rings is 1. The molecule has 0 spiro atoms. The van der Waals surface area contributed by atoms with E-state index in [1.54, 1.807) is 6.07 Å². The minimum absolute atomic E-state index is 0.0619. The zero-order valence-electron chi connectivity index (χ0n) is 18.7. The second-order valence-electron chi connectivity index (χ2n) is 8.77. The molecule has 32 heavy (non-hydrogen) atoms. The number of hydrogen-bond donors (Lipinski definition) is 0. The second kappa shape index (κ2) is 11.0. The average Bonchev–Trinajstić information content (AvgIpc) is 2.83. The zero-order chi connectivity index (χ0) is 22.5. The average molecular weight is 482 g/mol. The van der Waals surface area contributed by atoms with Gasteiger partial charge in [0.25, 0.3) is 0 Å². The first-order valence-electron chi connectivity index (χ1n) is 11.6. The number of rotatable bonds is 5. The van der Waals surface area contributed by atoms with Gasteiger partial charge in [0.2, 0.25) is 11.8 Å². The number of carbonyl (C=O) groups is 2. The lowest BCUT2D eigenvalue weighted by atomic mass is 9.88. The maximum Gasteiger partial charge on any atom is 0.233 e. The molecule has 1 saturated carbocycles. The topological polar surface area (TPSA) is 78.9 Å². The third kappa shape index (κ3) is 5.85. The monoisotopic (exact) mass is 481 g/mol. The van der Waals surface area contributed by atoms with Crippen molar-refractivity contribution in [2.75, 3.05) is 56.6 Å². The molecule has 0 N–H and O–H groups in total. The molecule has 1 unspecified atom stereocenters. The van der Waals surface area contributed by atoms with Gasteiger partial charge in [0.1, 0.15) is 11.0 Å². The first-order valence-corrected chi connectivity index (χ1v) is 13.0. The molecule has 4 rings (SSSR count). The number of hydrogen-bond acceptors (Lipinski definition) is 7. The van der Waals surface area contributed by atoms with Crippen LogP contribution < -0.4 is 4.90 Å². The van der Waals surface area contributed by atoms with Crippen LogP contribution in [0.25, 0.3) is 0 Å². The van der Waals surface area contributed by atoms with Gasteiger partial charge in [-0.1, -0.05) is 42.6 Å². The molecule has 1 aromatic heterocycles. The summed E-state index contributed by atoms with van der Waals surface area (Å²) in [6.07, 6.45) is 5.63. The molecular formula is C22H32ClN5O3S. The molecular weight excluding hydrogens is 450 g/mol. The first kappa shape index (κ1) is 23.6. The lowest BCUT2D eigenvalue weighted by Crippen LogP contribution is -2.55. The van der Waals surface area contributed by atoms with E-state index >= 15 is 0 Å². The molecule has 3 fully saturated rings. The Morgan fingerprint density at radius 3 is 2.59 bits per heavy atom. The summed E-state index contributed by atoms with van der Waals surface area (Å²) < 4.78 is 5.30. The van der Waals surface area contributed by atoms with Crippen molar-refractivity contribution in [2.24, 2.45) is 5.92 Å². The summed E-state index contributed by atoms with van der Waals surface area (Å²) in [4.78, 5) is 40.4. The molecule has 2 aliphatic heterocycles. The van der Waals surface area contributed by atoms with Gasteiger partial charge in [-0.05, 0) is 19.8 Å². The lowest BCUT2D eigenvalue weighted by molar-refractivity contribution is -0.139. The Balaban J connectivity index is 1.35. The highest BCUT2D eigenvalue weighted by Gasteiger charge is 2.33. The van der Waals surface area contributed by atoms with Crippen LogP contribution in [0.4, 0.5) is 5.82 Å². The highest BCUT2D eigenvalue weighted by Crippen LogP contribution is 2.28. The van der Waals surface area contributed by atoms with Crippen LogP contribution in [0.15, 0.2) is 11.2 Å². The maximum absolute atomic E-state index is 13.0. The number of anilines is 1. The Kier molecular flexibility index (Phi) is 8.12. The SMILES string of the molecule is CC1CN(c2cc(Cl)nc(SCC(=O)N3CCOCC3)n2)CCN1C(=O)C1CCCCC1. The fraction of sp³-hybridized carbons (Fsp3) is 0.727. The summed E-state index contributed by atoms with van der Waals surface area (Å²) in [5, 5.41) is 0.868. The Morgan fingerprint density at radius 1 is 1.12 bits per heavy atom. The molecule has 1 aliphatic carbocycles. The molecule has 176 valence electrons. The molecule has 10 heteroatoms. The van der Waals surface area contributed by atoms with Crippen LogP contribution in [0, 0.1) is 5.92 Å². The maximum atomic E-state index is 13.0. The normalized spacial score (nSPS) is 22.8. The standard InChI is InChI=1S/C22H32ClN5O3S/c1-16-14-27(7-8-28(16)21(30)17-5-3-2-4-6-17)19-13-18(23)24-22(25-19)32-15-20(29)26-9-11-31-12-10-26/h13,16-17H,2-12,14-15H2,1H3. The molecule has 1 atom stereocenters. The van der Waals surface area contributed by atoms with Crippen molar-refractivity contribution in [1.29, 1.82) is 0 Å². The third-order valence-corrected chi connectivity index (χ3v) is 7.56. The number of carbonyl (C=O) groups excluding carboxylic acids is 2. The van der Waals surface area contributed by atoms with E-state index in [2.05, 4.69) is 21.8 Å². The van der Waals surface area contributed by atoms with Crippen LogP contribution >= 0.6 is 23.4 Å².